The molecule has 23 heavy (non-hydrogen) atoms. The van der Waals surface area contributed by atoms with Gasteiger partial charge in [-0.05, 0) is 30.5 Å². The number of rotatable bonds is 4. The third-order valence-corrected chi connectivity index (χ3v) is 4.63. The Labute approximate surface area is 151 Å². The molecule has 0 aliphatic carbocycles. The van der Waals surface area contributed by atoms with E-state index in [2.05, 4.69) is 45.5 Å². The number of hydrogen-bond acceptors (Lipinski definition) is 4. The van der Waals surface area contributed by atoms with Crippen molar-refractivity contribution in [2.45, 2.75) is 25.3 Å². The Morgan fingerprint density at radius 3 is 2.17 bits per heavy atom. The molecule has 0 saturated carbocycles. The maximum atomic E-state index is 9.16. The number of benzene rings is 1. The lowest BCUT2D eigenvalue weighted by atomic mass is 10.0. The average molecular weight is 357 g/mol. The highest BCUT2D eigenvalue weighted by Crippen LogP contribution is 2.27. The molecule has 0 bridgehead atoms. The summed E-state index contributed by atoms with van der Waals surface area (Å²) >= 11 is 0. The Morgan fingerprint density at radius 1 is 1.00 bits per heavy atom. The van der Waals surface area contributed by atoms with Crippen molar-refractivity contribution in [2.75, 3.05) is 44.2 Å². The van der Waals surface area contributed by atoms with E-state index in [0.717, 1.165) is 26.2 Å². The minimum absolute atomic E-state index is 0. The molecule has 2 saturated heterocycles. The zero-order valence-electron chi connectivity index (χ0n) is 13.4. The summed E-state index contributed by atoms with van der Waals surface area (Å²) in [7, 11) is 0. The van der Waals surface area contributed by atoms with Gasteiger partial charge >= 0.3 is 0 Å². The molecule has 2 aliphatic heterocycles. The summed E-state index contributed by atoms with van der Waals surface area (Å²) in [4.78, 5) is 4.89. The molecule has 1 aromatic rings. The highest BCUT2D eigenvalue weighted by atomic mass is 35.5. The van der Waals surface area contributed by atoms with Crippen LogP contribution in [-0.2, 0) is 0 Å². The predicted octanol–water partition coefficient (Wildman–Crippen LogP) is 2.99. The molecule has 1 aromatic carbocycles. The Hall–Kier alpha value is -0.990. The third kappa shape index (κ3) is 4.99. The van der Waals surface area contributed by atoms with Crippen LogP contribution < -0.4 is 10.2 Å². The molecule has 0 aromatic heterocycles. The second-order valence-electron chi connectivity index (χ2n) is 5.95. The van der Waals surface area contributed by atoms with Gasteiger partial charge < -0.3 is 10.2 Å². The molecule has 0 radical (unpaired) electrons. The van der Waals surface area contributed by atoms with E-state index < -0.39 is 0 Å². The number of nitrogens with zero attached hydrogens (tertiary/aromatic N) is 3. The largest absolute Gasteiger partial charge is 0.372 e. The predicted molar refractivity (Wildman–Crippen MR) is 99.8 cm³/mol. The fourth-order valence-electron chi connectivity index (χ4n) is 3.42. The summed E-state index contributed by atoms with van der Waals surface area (Å²) in [6, 6.07) is 11.5. The first-order chi connectivity index (χ1) is 10.4. The van der Waals surface area contributed by atoms with E-state index >= 15 is 0 Å². The lowest BCUT2D eigenvalue weighted by Gasteiger charge is -2.34. The highest BCUT2D eigenvalue weighted by Gasteiger charge is 2.22. The van der Waals surface area contributed by atoms with Crippen molar-refractivity contribution >= 4 is 30.5 Å². The summed E-state index contributed by atoms with van der Waals surface area (Å²) in [6.07, 6.45) is 3.18. The van der Waals surface area contributed by atoms with Gasteiger partial charge in [0.25, 0.3) is 0 Å². The van der Waals surface area contributed by atoms with Crippen LogP contribution in [0.2, 0.25) is 0 Å². The van der Waals surface area contributed by atoms with Gasteiger partial charge in [0.1, 0.15) is 0 Å². The minimum Gasteiger partial charge on any atom is -0.372 e. The van der Waals surface area contributed by atoms with Crippen LogP contribution in [0.1, 0.15) is 30.9 Å². The van der Waals surface area contributed by atoms with E-state index in [1.54, 1.807) is 0 Å². The van der Waals surface area contributed by atoms with E-state index in [4.69, 9.17) is 5.26 Å². The summed E-state index contributed by atoms with van der Waals surface area (Å²) in [5.74, 6) is 0. The lowest BCUT2D eigenvalue weighted by molar-refractivity contribution is 0.175. The normalized spacial score (nSPS) is 19.3. The Kier molecular flexibility index (Phi) is 8.72. The lowest BCUT2D eigenvalue weighted by Crippen LogP contribution is -2.45. The first kappa shape index (κ1) is 20.1. The van der Waals surface area contributed by atoms with Crippen LogP contribution in [0.3, 0.4) is 0 Å². The average Bonchev–Trinajstić information content (AvgIpc) is 3.08. The quantitative estimate of drug-likeness (QED) is 0.900. The summed E-state index contributed by atoms with van der Waals surface area (Å²) < 4.78 is 0. The molecule has 2 heterocycles. The molecule has 3 rings (SSSR count). The van der Waals surface area contributed by atoms with Crippen LogP contribution in [0.4, 0.5) is 5.69 Å². The molecule has 6 heteroatoms. The highest BCUT2D eigenvalue weighted by molar-refractivity contribution is 5.85. The summed E-state index contributed by atoms with van der Waals surface area (Å²) in [5, 5.41) is 12.5. The second kappa shape index (κ2) is 10.00. The fourth-order valence-corrected chi connectivity index (χ4v) is 3.42. The first-order valence-corrected chi connectivity index (χ1v) is 8.05. The fraction of sp³-hybridized carbons (Fsp3) is 0.588. The zero-order valence-corrected chi connectivity index (χ0v) is 15.0. The van der Waals surface area contributed by atoms with Crippen LogP contribution >= 0.6 is 24.8 Å². The molecular formula is C17H26Cl2N4. The first-order valence-electron chi connectivity index (χ1n) is 8.05. The number of piperazine rings is 1. The van der Waals surface area contributed by atoms with Gasteiger partial charge in [0.2, 0.25) is 0 Å². The van der Waals surface area contributed by atoms with E-state index in [1.165, 1.54) is 37.2 Å². The third-order valence-electron chi connectivity index (χ3n) is 4.63. The van der Waals surface area contributed by atoms with Crippen molar-refractivity contribution in [3.63, 3.8) is 0 Å². The van der Waals surface area contributed by atoms with Gasteiger partial charge in [-0.25, -0.2) is 0 Å². The molecule has 0 amide bonds. The zero-order chi connectivity index (χ0) is 14.5. The maximum absolute atomic E-state index is 9.16. The topological polar surface area (TPSA) is 42.3 Å². The molecule has 1 N–H and O–H groups in total. The summed E-state index contributed by atoms with van der Waals surface area (Å²) in [5.41, 5.74) is 2.61. The molecule has 2 fully saturated rings. The molecule has 0 spiro atoms. The standard InChI is InChI=1S/C17H24N4.2ClH/c18-8-7-17(21-13-9-19-10-14-21)15-3-5-16(6-4-15)20-11-1-2-12-20;;/h3-6,17,19H,1-2,7,9-14H2;2*1H/t17-;;/m0../s1. The van der Waals surface area contributed by atoms with Crippen LogP contribution in [0, 0.1) is 11.3 Å². The number of nitrogens with one attached hydrogen (secondary N) is 1. The van der Waals surface area contributed by atoms with Crippen LogP contribution in [0.25, 0.3) is 0 Å². The van der Waals surface area contributed by atoms with E-state index in [1.807, 2.05) is 0 Å². The van der Waals surface area contributed by atoms with Crippen LogP contribution in [0.15, 0.2) is 24.3 Å². The van der Waals surface area contributed by atoms with Gasteiger partial charge in [-0.15, -0.1) is 24.8 Å². The van der Waals surface area contributed by atoms with Crippen LogP contribution in [0.5, 0.6) is 0 Å². The summed E-state index contributed by atoms with van der Waals surface area (Å²) in [6.45, 7) is 6.46. The maximum Gasteiger partial charge on any atom is 0.0641 e. The van der Waals surface area contributed by atoms with Crippen molar-refractivity contribution in [2.24, 2.45) is 0 Å². The van der Waals surface area contributed by atoms with Crippen molar-refractivity contribution in [1.29, 1.82) is 5.26 Å². The van der Waals surface area contributed by atoms with Gasteiger partial charge in [0.05, 0.1) is 12.5 Å². The Balaban J connectivity index is 0.00000132. The molecule has 0 unspecified atom stereocenters. The van der Waals surface area contributed by atoms with Gasteiger partial charge in [-0.1, -0.05) is 12.1 Å². The van der Waals surface area contributed by atoms with Crippen molar-refractivity contribution in [3.8, 4) is 6.07 Å². The van der Waals surface area contributed by atoms with E-state index in [9.17, 15) is 0 Å². The van der Waals surface area contributed by atoms with Gasteiger partial charge in [0.15, 0.2) is 0 Å². The van der Waals surface area contributed by atoms with Gasteiger partial charge in [-0.3, -0.25) is 4.90 Å². The molecular weight excluding hydrogens is 331 g/mol. The molecule has 4 nitrogen and oxygen atoms in total. The number of nitriles is 1. The molecule has 2 aliphatic rings. The van der Waals surface area contributed by atoms with Crippen molar-refractivity contribution < 1.29 is 0 Å². The van der Waals surface area contributed by atoms with E-state index in [-0.39, 0.29) is 30.9 Å². The number of anilines is 1. The van der Waals surface area contributed by atoms with Crippen molar-refractivity contribution in [3.05, 3.63) is 29.8 Å². The molecule has 1 atom stereocenters. The molecule has 128 valence electrons. The van der Waals surface area contributed by atoms with Crippen molar-refractivity contribution in [1.82, 2.24) is 10.2 Å². The van der Waals surface area contributed by atoms with Crippen LogP contribution in [-0.4, -0.2) is 44.2 Å². The number of halogens is 2. The minimum atomic E-state index is 0. The monoisotopic (exact) mass is 356 g/mol. The van der Waals surface area contributed by atoms with E-state index in [0.29, 0.717) is 6.42 Å². The Morgan fingerprint density at radius 2 is 1.61 bits per heavy atom. The van der Waals surface area contributed by atoms with Gasteiger partial charge in [-0.2, -0.15) is 5.26 Å². The smallest absolute Gasteiger partial charge is 0.0641 e. The Bertz CT molecular complexity index is 488. The SMILES string of the molecule is Cl.Cl.N#CC[C@@H](c1ccc(N2CCCC2)cc1)N1CCNCC1. The number of hydrogen-bond donors (Lipinski definition) is 1. The second-order valence-corrected chi connectivity index (χ2v) is 5.95. The van der Waals surface area contributed by atoms with Gasteiger partial charge in [0, 0.05) is 51.0 Å².